The van der Waals surface area contributed by atoms with Crippen LogP contribution in [0.5, 0.6) is 0 Å². The van der Waals surface area contributed by atoms with Crippen molar-refractivity contribution in [1.29, 1.82) is 0 Å². The van der Waals surface area contributed by atoms with Gasteiger partial charge in [-0.25, -0.2) is 8.78 Å². The van der Waals surface area contributed by atoms with Gasteiger partial charge < -0.3 is 5.73 Å². The highest BCUT2D eigenvalue weighted by molar-refractivity contribution is 9.10. The molecule has 2 aromatic carbocycles. The molecule has 0 aliphatic rings. The third-order valence-corrected chi connectivity index (χ3v) is 3.39. The van der Waals surface area contributed by atoms with Crippen LogP contribution in [-0.4, -0.2) is 6.04 Å². The van der Waals surface area contributed by atoms with Crippen LogP contribution in [0.1, 0.15) is 11.1 Å². The van der Waals surface area contributed by atoms with Gasteiger partial charge in [-0.2, -0.15) is 0 Å². The van der Waals surface area contributed by atoms with Crippen molar-refractivity contribution in [2.75, 3.05) is 0 Å². The summed E-state index contributed by atoms with van der Waals surface area (Å²) < 4.78 is 27.6. The molecular formula is C15H14BrF2N. The first-order valence-corrected chi connectivity index (χ1v) is 6.78. The van der Waals surface area contributed by atoms with Gasteiger partial charge in [0.2, 0.25) is 0 Å². The summed E-state index contributed by atoms with van der Waals surface area (Å²) in [5.74, 6) is -1.63. The van der Waals surface area contributed by atoms with Crippen molar-refractivity contribution >= 4 is 15.9 Å². The molecule has 0 fully saturated rings. The molecule has 0 bridgehead atoms. The van der Waals surface area contributed by atoms with Crippen LogP contribution in [0, 0.1) is 11.6 Å². The standard InChI is InChI=1S/C15H14BrF2N/c16-12-5-1-3-10(7-12)8-13(19)9-11-4-2-6-14(17)15(11)18/h1-7,13H,8-9,19H2. The molecule has 1 atom stereocenters. The lowest BCUT2D eigenvalue weighted by molar-refractivity contribution is 0.492. The summed E-state index contributed by atoms with van der Waals surface area (Å²) in [4.78, 5) is 0. The molecule has 0 aliphatic carbocycles. The van der Waals surface area contributed by atoms with Crippen molar-refractivity contribution in [3.63, 3.8) is 0 Å². The predicted octanol–water partition coefficient (Wildman–Crippen LogP) is 3.84. The maximum Gasteiger partial charge on any atom is 0.162 e. The zero-order chi connectivity index (χ0) is 13.8. The first kappa shape index (κ1) is 14.2. The minimum Gasteiger partial charge on any atom is -0.327 e. The quantitative estimate of drug-likeness (QED) is 0.908. The van der Waals surface area contributed by atoms with Gasteiger partial charge in [-0.1, -0.05) is 40.2 Å². The molecule has 4 heteroatoms. The van der Waals surface area contributed by atoms with E-state index in [1.54, 1.807) is 6.07 Å². The van der Waals surface area contributed by atoms with Crippen molar-refractivity contribution in [1.82, 2.24) is 0 Å². The number of hydrogen-bond donors (Lipinski definition) is 1. The molecular weight excluding hydrogens is 312 g/mol. The molecule has 0 amide bonds. The molecule has 100 valence electrons. The lowest BCUT2D eigenvalue weighted by Gasteiger charge is -2.13. The van der Waals surface area contributed by atoms with Crippen molar-refractivity contribution in [2.45, 2.75) is 18.9 Å². The van der Waals surface area contributed by atoms with Gasteiger partial charge in [0.25, 0.3) is 0 Å². The molecule has 0 radical (unpaired) electrons. The fourth-order valence-corrected chi connectivity index (χ4v) is 2.47. The molecule has 0 aromatic heterocycles. The van der Waals surface area contributed by atoms with Crippen LogP contribution in [0.15, 0.2) is 46.9 Å². The van der Waals surface area contributed by atoms with E-state index in [0.29, 0.717) is 18.4 Å². The Balaban J connectivity index is 2.05. The summed E-state index contributed by atoms with van der Waals surface area (Å²) in [6, 6.07) is 11.7. The van der Waals surface area contributed by atoms with Gasteiger partial charge in [-0.15, -0.1) is 0 Å². The summed E-state index contributed by atoms with van der Waals surface area (Å²) in [6.07, 6.45) is 0.936. The summed E-state index contributed by atoms with van der Waals surface area (Å²) in [6.45, 7) is 0. The normalized spacial score (nSPS) is 12.4. The molecule has 0 saturated carbocycles. The van der Waals surface area contributed by atoms with Crippen LogP contribution in [0.3, 0.4) is 0 Å². The minimum absolute atomic E-state index is 0.245. The van der Waals surface area contributed by atoms with Crippen molar-refractivity contribution < 1.29 is 8.78 Å². The van der Waals surface area contributed by atoms with E-state index in [0.717, 1.165) is 16.1 Å². The van der Waals surface area contributed by atoms with Crippen LogP contribution < -0.4 is 5.73 Å². The maximum absolute atomic E-state index is 13.5. The minimum atomic E-state index is -0.827. The average Bonchev–Trinajstić information content (AvgIpc) is 2.35. The zero-order valence-corrected chi connectivity index (χ0v) is 11.8. The smallest absolute Gasteiger partial charge is 0.162 e. The Morgan fingerprint density at radius 2 is 1.79 bits per heavy atom. The maximum atomic E-state index is 13.5. The van der Waals surface area contributed by atoms with E-state index in [-0.39, 0.29) is 6.04 Å². The van der Waals surface area contributed by atoms with E-state index in [9.17, 15) is 8.78 Å². The van der Waals surface area contributed by atoms with Gasteiger partial charge >= 0.3 is 0 Å². The van der Waals surface area contributed by atoms with E-state index in [2.05, 4.69) is 15.9 Å². The van der Waals surface area contributed by atoms with E-state index >= 15 is 0 Å². The second-order valence-corrected chi connectivity index (χ2v) is 5.43. The van der Waals surface area contributed by atoms with Gasteiger partial charge in [0, 0.05) is 10.5 Å². The molecule has 2 aromatic rings. The molecule has 0 spiro atoms. The Morgan fingerprint density at radius 3 is 2.53 bits per heavy atom. The molecule has 2 rings (SSSR count). The van der Waals surface area contributed by atoms with E-state index < -0.39 is 11.6 Å². The molecule has 19 heavy (non-hydrogen) atoms. The predicted molar refractivity (Wildman–Crippen MR) is 75.9 cm³/mol. The van der Waals surface area contributed by atoms with Crippen LogP contribution in [0.25, 0.3) is 0 Å². The van der Waals surface area contributed by atoms with Crippen LogP contribution in [-0.2, 0) is 12.8 Å². The second kappa shape index (κ2) is 6.26. The SMILES string of the molecule is NC(Cc1cccc(Br)c1)Cc1cccc(F)c1F. The average molecular weight is 326 g/mol. The summed E-state index contributed by atoms with van der Waals surface area (Å²) in [5, 5.41) is 0. The first-order valence-electron chi connectivity index (χ1n) is 5.99. The highest BCUT2D eigenvalue weighted by Gasteiger charge is 2.12. The molecule has 0 heterocycles. The van der Waals surface area contributed by atoms with Crippen LogP contribution >= 0.6 is 15.9 Å². The van der Waals surface area contributed by atoms with E-state index in [1.165, 1.54) is 6.07 Å². The molecule has 1 nitrogen and oxygen atoms in total. The van der Waals surface area contributed by atoms with Crippen LogP contribution in [0.4, 0.5) is 8.78 Å². The Kier molecular flexibility index (Phi) is 4.66. The van der Waals surface area contributed by atoms with Crippen molar-refractivity contribution in [3.8, 4) is 0 Å². The number of benzene rings is 2. The molecule has 2 N–H and O–H groups in total. The number of halogens is 3. The Morgan fingerprint density at radius 1 is 1.05 bits per heavy atom. The summed E-state index contributed by atoms with van der Waals surface area (Å²) >= 11 is 3.39. The highest BCUT2D eigenvalue weighted by atomic mass is 79.9. The highest BCUT2D eigenvalue weighted by Crippen LogP contribution is 2.16. The van der Waals surface area contributed by atoms with Gasteiger partial charge in [-0.3, -0.25) is 0 Å². The fourth-order valence-electron chi connectivity index (χ4n) is 2.03. The first-order chi connectivity index (χ1) is 9.06. The van der Waals surface area contributed by atoms with E-state index in [4.69, 9.17) is 5.73 Å². The van der Waals surface area contributed by atoms with Crippen molar-refractivity contribution in [3.05, 3.63) is 69.7 Å². The van der Waals surface area contributed by atoms with E-state index in [1.807, 2.05) is 24.3 Å². The number of rotatable bonds is 4. The van der Waals surface area contributed by atoms with Gasteiger partial charge in [0.05, 0.1) is 0 Å². The number of hydrogen-bond acceptors (Lipinski definition) is 1. The number of nitrogens with two attached hydrogens (primary N) is 1. The van der Waals surface area contributed by atoms with Gasteiger partial charge in [0.15, 0.2) is 11.6 Å². The lowest BCUT2D eigenvalue weighted by atomic mass is 9.99. The second-order valence-electron chi connectivity index (χ2n) is 4.51. The largest absolute Gasteiger partial charge is 0.327 e. The third-order valence-electron chi connectivity index (χ3n) is 2.90. The molecule has 0 saturated heterocycles. The monoisotopic (exact) mass is 325 g/mol. The summed E-state index contributed by atoms with van der Waals surface area (Å²) in [5.41, 5.74) is 7.39. The molecule has 1 unspecified atom stereocenters. The Labute approximate surface area is 119 Å². The molecule has 0 aliphatic heterocycles. The zero-order valence-electron chi connectivity index (χ0n) is 10.2. The topological polar surface area (TPSA) is 26.0 Å². The summed E-state index contributed by atoms with van der Waals surface area (Å²) in [7, 11) is 0. The fraction of sp³-hybridized carbons (Fsp3) is 0.200. The van der Waals surface area contributed by atoms with Crippen molar-refractivity contribution in [2.24, 2.45) is 5.73 Å². The van der Waals surface area contributed by atoms with Gasteiger partial charge in [-0.05, 0) is 42.2 Å². The Hall–Kier alpha value is -1.26. The third kappa shape index (κ3) is 3.85. The van der Waals surface area contributed by atoms with Crippen LogP contribution in [0.2, 0.25) is 0 Å². The Bertz CT molecular complexity index is 572. The lowest BCUT2D eigenvalue weighted by Crippen LogP contribution is -2.26. The van der Waals surface area contributed by atoms with Gasteiger partial charge in [0.1, 0.15) is 0 Å².